The van der Waals surface area contributed by atoms with Gasteiger partial charge in [-0.25, -0.2) is 9.59 Å². The van der Waals surface area contributed by atoms with Crippen LogP contribution in [-0.2, 0) is 37.0 Å². The lowest BCUT2D eigenvalue weighted by molar-refractivity contribution is -0.204. The van der Waals surface area contributed by atoms with Gasteiger partial charge >= 0.3 is 18.2 Å². The Hall–Kier alpha value is -3.86. The Morgan fingerprint density at radius 2 is 1.58 bits per heavy atom. The highest BCUT2D eigenvalue weighted by Gasteiger charge is 2.56. The third kappa shape index (κ3) is 7.32. The van der Waals surface area contributed by atoms with Crippen LogP contribution in [0.3, 0.4) is 0 Å². The molecule has 1 heterocycles. The van der Waals surface area contributed by atoms with Gasteiger partial charge in [-0.15, -0.1) is 0 Å². The van der Waals surface area contributed by atoms with Crippen LogP contribution in [0.25, 0.3) is 0 Å². The average molecular weight is 506 g/mol. The van der Waals surface area contributed by atoms with Crippen molar-refractivity contribution >= 4 is 18.0 Å². The Kier molecular flexibility index (Phi) is 9.07. The number of nitrogens with one attached hydrogen (secondary N) is 2. The molecule has 0 saturated carbocycles. The Labute approximate surface area is 205 Å². The number of amides is 2. The average Bonchev–Trinajstić information content (AvgIpc) is 3.20. The van der Waals surface area contributed by atoms with Gasteiger partial charge in [-0.2, -0.15) is 13.2 Å². The van der Waals surface area contributed by atoms with E-state index >= 15 is 0 Å². The summed E-state index contributed by atoms with van der Waals surface area (Å²) in [6, 6.07) is 15.8. The summed E-state index contributed by atoms with van der Waals surface area (Å²) in [5.41, 5.74) is 0.889. The maximum Gasteiger partial charge on any atom is 0.412 e. The fourth-order valence-corrected chi connectivity index (χ4v) is 3.68. The molecule has 3 atom stereocenters. The van der Waals surface area contributed by atoms with Crippen molar-refractivity contribution in [2.24, 2.45) is 5.92 Å². The van der Waals surface area contributed by atoms with E-state index in [0.29, 0.717) is 11.1 Å². The molecule has 8 nitrogen and oxygen atoms in total. The summed E-state index contributed by atoms with van der Waals surface area (Å²) in [4.78, 5) is 36.6. The number of carbonyl (C=O) groups is 3. The molecule has 11 heteroatoms. The van der Waals surface area contributed by atoms with E-state index < -0.39 is 54.3 Å². The molecule has 3 rings (SSSR count). The zero-order valence-corrected chi connectivity index (χ0v) is 19.3. The number of hydrogen-bond acceptors (Lipinski definition) is 6. The normalized spacial score (nSPS) is 19.9. The van der Waals surface area contributed by atoms with Crippen LogP contribution in [0.5, 0.6) is 0 Å². The van der Waals surface area contributed by atoms with Crippen LogP contribution < -0.4 is 10.6 Å². The minimum Gasteiger partial charge on any atom is -0.464 e. The summed E-state index contributed by atoms with van der Waals surface area (Å²) in [7, 11) is 1.05. The van der Waals surface area contributed by atoms with Crippen LogP contribution >= 0.6 is 0 Å². The SMILES string of the molecule is COC(=O)C(=CCC1NC(=O)C(OCc2ccccc2)C1C(F)(F)F)NC(=O)OCc1ccccc1. The number of esters is 1. The van der Waals surface area contributed by atoms with E-state index in [4.69, 9.17) is 9.47 Å². The first kappa shape index (κ1) is 26.7. The monoisotopic (exact) mass is 506 g/mol. The molecular weight excluding hydrogens is 481 g/mol. The second-order valence-corrected chi connectivity index (χ2v) is 7.93. The number of alkyl carbamates (subject to hydrolysis) is 1. The molecule has 1 aliphatic heterocycles. The van der Waals surface area contributed by atoms with Crippen molar-refractivity contribution in [3.63, 3.8) is 0 Å². The third-order valence-corrected chi connectivity index (χ3v) is 5.43. The first-order valence-corrected chi connectivity index (χ1v) is 11.0. The summed E-state index contributed by atoms with van der Waals surface area (Å²) >= 11 is 0. The highest BCUT2D eigenvalue weighted by molar-refractivity contribution is 5.92. The van der Waals surface area contributed by atoms with E-state index in [1.807, 2.05) is 0 Å². The first-order valence-electron chi connectivity index (χ1n) is 11.0. The number of alkyl halides is 3. The summed E-state index contributed by atoms with van der Waals surface area (Å²) in [5, 5.41) is 4.47. The van der Waals surface area contributed by atoms with Gasteiger partial charge in [0.05, 0.1) is 13.7 Å². The van der Waals surface area contributed by atoms with Gasteiger partial charge in [0.1, 0.15) is 24.3 Å². The molecule has 3 unspecified atom stereocenters. The van der Waals surface area contributed by atoms with Crippen LogP contribution in [0, 0.1) is 5.92 Å². The number of halogens is 3. The minimum absolute atomic E-state index is 0.0869. The van der Waals surface area contributed by atoms with Crippen molar-refractivity contribution in [3.8, 4) is 0 Å². The number of carbonyl (C=O) groups excluding carboxylic acids is 3. The van der Waals surface area contributed by atoms with Crippen LogP contribution in [0.4, 0.5) is 18.0 Å². The van der Waals surface area contributed by atoms with Gasteiger partial charge in [0, 0.05) is 6.04 Å². The quantitative estimate of drug-likeness (QED) is 0.398. The molecule has 0 aliphatic carbocycles. The molecule has 0 radical (unpaired) electrons. The van der Waals surface area contributed by atoms with Gasteiger partial charge < -0.3 is 19.5 Å². The highest BCUT2D eigenvalue weighted by Crippen LogP contribution is 2.38. The second-order valence-electron chi connectivity index (χ2n) is 7.93. The predicted molar refractivity (Wildman–Crippen MR) is 121 cm³/mol. The fourth-order valence-electron chi connectivity index (χ4n) is 3.68. The first-order chi connectivity index (χ1) is 17.2. The van der Waals surface area contributed by atoms with E-state index in [2.05, 4.69) is 15.4 Å². The van der Waals surface area contributed by atoms with E-state index in [9.17, 15) is 27.6 Å². The molecule has 2 aromatic carbocycles. The molecule has 2 amide bonds. The van der Waals surface area contributed by atoms with Crippen molar-refractivity contribution in [1.29, 1.82) is 0 Å². The van der Waals surface area contributed by atoms with Gasteiger partial charge in [0.25, 0.3) is 0 Å². The zero-order valence-electron chi connectivity index (χ0n) is 19.3. The number of hydrogen-bond donors (Lipinski definition) is 2. The topological polar surface area (TPSA) is 103 Å². The van der Waals surface area contributed by atoms with Crippen LogP contribution in [0.2, 0.25) is 0 Å². The lowest BCUT2D eigenvalue weighted by Gasteiger charge is -2.24. The standard InChI is InChI=1S/C25H25F3N2O6/c1-34-23(32)19(30-24(33)36-15-17-10-6-3-7-11-17)13-12-18-20(25(26,27)28)21(22(31)29-18)35-14-16-8-4-2-5-9-16/h2-11,13,18,20-21H,12,14-15H2,1H3,(H,29,31)(H,30,33). The highest BCUT2D eigenvalue weighted by atomic mass is 19.4. The molecule has 0 aromatic heterocycles. The van der Waals surface area contributed by atoms with Crippen LogP contribution in [0.1, 0.15) is 17.5 Å². The minimum atomic E-state index is -4.77. The molecular formula is C25H25F3N2O6. The van der Waals surface area contributed by atoms with E-state index in [0.717, 1.165) is 13.2 Å². The van der Waals surface area contributed by atoms with Crippen molar-refractivity contribution in [2.45, 2.75) is 38.0 Å². The third-order valence-electron chi connectivity index (χ3n) is 5.43. The Balaban J connectivity index is 1.68. The summed E-state index contributed by atoms with van der Waals surface area (Å²) < 4.78 is 56.7. The van der Waals surface area contributed by atoms with Crippen molar-refractivity contribution in [3.05, 3.63) is 83.6 Å². The number of methoxy groups -OCH3 is 1. The number of ether oxygens (including phenoxy) is 3. The summed E-state index contributed by atoms with van der Waals surface area (Å²) in [5.74, 6) is -4.08. The fraction of sp³-hybridized carbons (Fsp3) is 0.320. The molecule has 0 bridgehead atoms. The van der Waals surface area contributed by atoms with E-state index in [-0.39, 0.29) is 13.2 Å². The Morgan fingerprint density at radius 1 is 1.00 bits per heavy atom. The van der Waals surface area contributed by atoms with Gasteiger partial charge in [-0.1, -0.05) is 66.7 Å². The van der Waals surface area contributed by atoms with Crippen LogP contribution in [-0.4, -0.2) is 43.4 Å². The molecule has 36 heavy (non-hydrogen) atoms. The van der Waals surface area contributed by atoms with Crippen molar-refractivity contribution < 1.29 is 41.8 Å². The summed E-state index contributed by atoms with van der Waals surface area (Å²) in [6.07, 6.45) is -6.91. The lowest BCUT2D eigenvalue weighted by atomic mass is 9.94. The Bertz CT molecular complexity index is 1080. The maximum absolute atomic E-state index is 13.9. The van der Waals surface area contributed by atoms with E-state index in [1.54, 1.807) is 60.7 Å². The van der Waals surface area contributed by atoms with Gasteiger partial charge in [-0.05, 0) is 17.5 Å². The maximum atomic E-state index is 13.9. The van der Waals surface area contributed by atoms with Crippen molar-refractivity contribution in [2.75, 3.05) is 7.11 Å². The van der Waals surface area contributed by atoms with Crippen LogP contribution in [0.15, 0.2) is 72.4 Å². The zero-order chi connectivity index (χ0) is 26.1. The molecule has 1 aliphatic rings. The molecule has 192 valence electrons. The molecule has 1 saturated heterocycles. The predicted octanol–water partition coefficient (Wildman–Crippen LogP) is 3.62. The Morgan fingerprint density at radius 3 is 2.14 bits per heavy atom. The lowest BCUT2D eigenvalue weighted by Crippen LogP contribution is -2.40. The van der Waals surface area contributed by atoms with Crippen molar-refractivity contribution in [1.82, 2.24) is 10.6 Å². The van der Waals surface area contributed by atoms with Gasteiger partial charge in [0.15, 0.2) is 0 Å². The number of benzene rings is 2. The largest absolute Gasteiger partial charge is 0.464 e. The van der Waals surface area contributed by atoms with E-state index in [1.165, 1.54) is 0 Å². The molecule has 2 aromatic rings. The molecule has 2 N–H and O–H groups in total. The number of rotatable bonds is 9. The van der Waals surface area contributed by atoms with Gasteiger partial charge in [-0.3, -0.25) is 10.1 Å². The second kappa shape index (κ2) is 12.2. The molecule has 1 fully saturated rings. The smallest absolute Gasteiger partial charge is 0.412 e. The molecule has 0 spiro atoms. The summed E-state index contributed by atoms with van der Waals surface area (Å²) in [6.45, 7) is -0.271. The van der Waals surface area contributed by atoms with Gasteiger partial charge in [0.2, 0.25) is 5.91 Å².